The number of hydrogen-bond donors (Lipinski definition) is 0. The Hall–Kier alpha value is -4.98. The largest absolute Gasteiger partial charge is 0.290 e. The molecular weight excluding hydrogens is 482 g/mol. The fraction of sp³-hybridized carbons (Fsp3) is 0. The van der Waals surface area contributed by atoms with Gasteiger partial charge >= 0.3 is 0 Å². The third-order valence-electron chi connectivity index (χ3n) is 7.45. The summed E-state index contributed by atoms with van der Waals surface area (Å²) < 4.78 is 3.50. The lowest BCUT2D eigenvalue weighted by atomic mass is 9.86. The molecule has 8 aromatic rings. The standard InChI is InChI=1S/C34H19N3S/c35-19-21-13-15-22(16-14-21)31-24-7-1-3-9-26(24)32(27-10-4-2-8-25(27)31)23-17-18-30-36-33-28-11-5-6-12-29(28)38-34(33)37(30)20-23/h1-18,20H. The molecule has 5 aromatic carbocycles. The maximum atomic E-state index is 9.32. The van der Waals surface area contributed by atoms with Gasteiger partial charge < -0.3 is 0 Å². The zero-order valence-electron chi connectivity index (χ0n) is 20.2. The molecule has 0 aliphatic carbocycles. The highest BCUT2D eigenvalue weighted by atomic mass is 32.1. The van der Waals surface area contributed by atoms with E-state index in [0.717, 1.165) is 22.3 Å². The van der Waals surface area contributed by atoms with Crippen LogP contribution in [-0.2, 0) is 0 Å². The first kappa shape index (κ1) is 21.1. The fourth-order valence-corrected chi connectivity index (χ4v) is 6.89. The van der Waals surface area contributed by atoms with Crippen molar-refractivity contribution in [1.29, 1.82) is 5.26 Å². The van der Waals surface area contributed by atoms with E-state index in [1.165, 1.54) is 47.6 Å². The number of fused-ring (bicyclic) bond motifs is 7. The smallest absolute Gasteiger partial charge is 0.138 e. The van der Waals surface area contributed by atoms with Gasteiger partial charge in [0.2, 0.25) is 0 Å². The number of benzene rings is 5. The van der Waals surface area contributed by atoms with E-state index in [1.807, 2.05) is 12.1 Å². The van der Waals surface area contributed by atoms with Crippen molar-refractivity contribution in [2.45, 2.75) is 0 Å². The lowest BCUT2D eigenvalue weighted by Crippen LogP contribution is -1.92. The number of imidazole rings is 1. The van der Waals surface area contributed by atoms with E-state index in [-0.39, 0.29) is 0 Å². The topological polar surface area (TPSA) is 41.1 Å². The van der Waals surface area contributed by atoms with E-state index >= 15 is 0 Å². The monoisotopic (exact) mass is 501 g/mol. The first-order valence-corrected chi connectivity index (χ1v) is 13.4. The van der Waals surface area contributed by atoms with Crippen LogP contribution in [0.5, 0.6) is 0 Å². The molecule has 0 saturated heterocycles. The maximum Gasteiger partial charge on any atom is 0.138 e. The Morgan fingerprint density at radius 1 is 0.605 bits per heavy atom. The van der Waals surface area contributed by atoms with Gasteiger partial charge in [0, 0.05) is 16.3 Å². The molecule has 38 heavy (non-hydrogen) atoms. The Kier molecular flexibility index (Phi) is 4.46. The molecule has 0 fully saturated rings. The molecule has 0 aliphatic heterocycles. The molecule has 3 heterocycles. The Morgan fingerprint density at radius 3 is 1.79 bits per heavy atom. The number of hydrogen-bond acceptors (Lipinski definition) is 3. The highest BCUT2D eigenvalue weighted by Gasteiger charge is 2.18. The molecule has 0 spiro atoms. The van der Waals surface area contributed by atoms with Gasteiger partial charge in [-0.25, -0.2) is 4.98 Å². The quantitative estimate of drug-likeness (QED) is 0.222. The Labute approximate surface area is 222 Å². The second-order valence-electron chi connectivity index (χ2n) is 9.54. The van der Waals surface area contributed by atoms with Crippen molar-refractivity contribution in [3.8, 4) is 28.3 Å². The van der Waals surface area contributed by atoms with E-state index in [0.29, 0.717) is 5.56 Å². The summed E-state index contributed by atoms with van der Waals surface area (Å²) in [7, 11) is 0. The van der Waals surface area contributed by atoms with Crippen molar-refractivity contribution >= 4 is 59.0 Å². The molecule has 0 N–H and O–H groups in total. The summed E-state index contributed by atoms with van der Waals surface area (Å²) in [6, 6.07) is 40.3. The van der Waals surface area contributed by atoms with Gasteiger partial charge in [0.1, 0.15) is 16.0 Å². The molecule has 0 atom stereocenters. The highest BCUT2D eigenvalue weighted by Crippen LogP contribution is 2.44. The van der Waals surface area contributed by atoms with Gasteiger partial charge in [-0.2, -0.15) is 5.26 Å². The lowest BCUT2D eigenvalue weighted by molar-refractivity contribution is 1.24. The van der Waals surface area contributed by atoms with Crippen LogP contribution in [0.4, 0.5) is 0 Å². The number of nitriles is 1. The number of rotatable bonds is 2. The van der Waals surface area contributed by atoms with E-state index < -0.39 is 0 Å². The number of aromatic nitrogens is 2. The molecule has 0 amide bonds. The van der Waals surface area contributed by atoms with Crippen molar-refractivity contribution < 1.29 is 0 Å². The Balaban J connectivity index is 1.46. The molecule has 4 heteroatoms. The van der Waals surface area contributed by atoms with Crippen LogP contribution in [0.3, 0.4) is 0 Å². The summed E-state index contributed by atoms with van der Waals surface area (Å²) in [5, 5.41) is 15.3. The van der Waals surface area contributed by atoms with Crippen molar-refractivity contribution in [2.24, 2.45) is 0 Å². The first-order chi connectivity index (χ1) is 18.8. The van der Waals surface area contributed by atoms with E-state index in [4.69, 9.17) is 4.98 Å². The summed E-state index contributed by atoms with van der Waals surface area (Å²) in [4.78, 5) is 6.15. The minimum atomic E-state index is 0.667. The van der Waals surface area contributed by atoms with Crippen molar-refractivity contribution in [3.63, 3.8) is 0 Å². The van der Waals surface area contributed by atoms with Crippen molar-refractivity contribution in [1.82, 2.24) is 9.38 Å². The van der Waals surface area contributed by atoms with Gasteiger partial charge in [0.25, 0.3) is 0 Å². The number of pyridine rings is 1. The maximum absolute atomic E-state index is 9.32. The van der Waals surface area contributed by atoms with Gasteiger partial charge in [-0.05, 0) is 74.1 Å². The predicted octanol–water partition coefficient (Wildman–Crippen LogP) is 9.21. The van der Waals surface area contributed by atoms with Crippen molar-refractivity contribution in [2.75, 3.05) is 0 Å². The van der Waals surface area contributed by atoms with Crippen LogP contribution < -0.4 is 0 Å². The Morgan fingerprint density at radius 2 is 1.16 bits per heavy atom. The van der Waals surface area contributed by atoms with Crippen LogP contribution >= 0.6 is 11.3 Å². The average molecular weight is 502 g/mol. The third kappa shape index (κ3) is 2.97. The van der Waals surface area contributed by atoms with Crippen LogP contribution in [0.15, 0.2) is 115 Å². The van der Waals surface area contributed by atoms with E-state index in [1.54, 1.807) is 11.3 Å². The molecule has 8 rings (SSSR count). The Bertz CT molecular complexity index is 2190. The van der Waals surface area contributed by atoms with Gasteiger partial charge in [0.05, 0.1) is 11.6 Å². The van der Waals surface area contributed by atoms with Crippen LogP contribution in [0.2, 0.25) is 0 Å². The second kappa shape index (κ2) is 8.01. The highest BCUT2D eigenvalue weighted by molar-refractivity contribution is 7.25. The van der Waals surface area contributed by atoms with Crippen molar-refractivity contribution in [3.05, 3.63) is 121 Å². The molecule has 3 aromatic heterocycles. The number of nitrogens with zero attached hydrogens (tertiary/aromatic N) is 3. The summed E-state index contributed by atoms with van der Waals surface area (Å²) in [5.41, 5.74) is 7.38. The first-order valence-electron chi connectivity index (χ1n) is 12.5. The molecule has 3 nitrogen and oxygen atoms in total. The summed E-state index contributed by atoms with van der Waals surface area (Å²) in [6.45, 7) is 0. The molecule has 0 radical (unpaired) electrons. The van der Waals surface area contributed by atoms with Crippen LogP contribution in [0.25, 0.3) is 69.9 Å². The minimum absolute atomic E-state index is 0.667. The molecule has 0 bridgehead atoms. The molecule has 176 valence electrons. The zero-order chi connectivity index (χ0) is 25.2. The lowest BCUT2D eigenvalue weighted by Gasteiger charge is -2.17. The fourth-order valence-electron chi connectivity index (χ4n) is 5.76. The molecule has 0 aliphatic rings. The number of thiophene rings is 1. The predicted molar refractivity (Wildman–Crippen MR) is 159 cm³/mol. The van der Waals surface area contributed by atoms with Crippen LogP contribution in [-0.4, -0.2) is 9.38 Å². The molecule has 0 unspecified atom stereocenters. The summed E-state index contributed by atoms with van der Waals surface area (Å²) in [5.74, 6) is 0. The van der Waals surface area contributed by atoms with Gasteiger partial charge in [-0.1, -0.05) is 78.9 Å². The van der Waals surface area contributed by atoms with Gasteiger partial charge in [0.15, 0.2) is 0 Å². The van der Waals surface area contributed by atoms with E-state index in [2.05, 4.69) is 114 Å². The third-order valence-corrected chi connectivity index (χ3v) is 8.61. The van der Waals surface area contributed by atoms with Crippen LogP contribution in [0, 0.1) is 11.3 Å². The average Bonchev–Trinajstić information content (AvgIpc) is 3.52. The van der Waals surface area contributed by atoms with Gasteiger partial charge in [-0.3, -0.25) is 4.40 Å². The second-order valence-corrected chi connectivity index (χ2v) is 10.6. The molecule has 0 saturated carbocycles. The normalized spacial score (nSPS) is 11.7. The minimum Gasteiger partial charge on any atom is -0.290 e. The zero-order valence-corrected chi connectivity index (χ0v) is 21.0. The van der Waals surface area contributed by atoms with E-state index in [9.17, 15) is 5.26 Å². The molecular formula is C34H19N3S. The van der Waals surface area contributed by atoms with Gasteiger partial charge in [-0.15, -0.1) is 11.3 Å². The SMILES string of the molecule is N#Cc1ccc(-c2c3ccccc3c(-c3ccc4nc5c6ccccc6sc5n4c3)c3ccccc23)cc1. The summed E-state index contributed by atoms with van der Waals surface area (Å²) in [6.07, 6.45) is 2.25. The summed E-state index contributed by atoms with van der Waals surface area (Å²) >= 11 is 1.79. The van der Waals surface area contributed by atoms with Crippen LogP contribution in [0.1, 0.15) is 5.56 Å².